The highest BCUT2D eigenvalue weighted by molar-refractivity contribution is 6.60. The zero-order valence-corrected chi connectivity index (χ0v) is 8.02. The lowest BCUT2D eigenvalue weighted by Gasteiger charge is -2.22. The zero-order chi connectivity index (χ0) is 9.38. The summed E-state index contributed by atoms with van der Waals surface area (Å²) in [7, 11) is -0.266. The molecule has 1 aliphatic heterocycles. The molecule has 1 saturated carbocycles. The van der Waals surface area contributed by atoms with Crippen LogP contribution in [0, 0.1) is 0 Å². The molecule has 0 unspecified atom stereocenters. The lowest BCUT2D eigenvalue weighted by atomic mass is 9.87. The van der Waals surface area contributed by atoms with Gasteiger partial charge in [0.05, 0.1) is 18.5 Å². The molecule has 0 N–H and O–H groups in total. The molecule has 1 aromatic heterocycles. The van der Waals surface area contributed by atoms with E-state index in [2.05, 4.69) is 0 Å². The molecule has 1 aromatic rings. The van der Waals surface area contributed by atoms with Gasteiger partial charge >= 0.3 is 7.12 Å². The van der Waals surface area contributed by atoms with Gasteiger partial charge in [-0.2, -0.15) is 0 Å². The number of fused-ring (bicyclic) bond motifs is 1. The molecule has 0 aromatic carbocycles. The van der Waals surface area contributed by atoms with Gasteiger partial charge < -0.3 is 13.7 Å². The first kappa shape index (κ1) is 8.56. The summed E-state index contributed by atoms with van der Waals surface area (Å²) in [5.41, 5.74) is 0.791. The second kappa shape index (κ2) is 3.44. The van der Waals surface area contributed by atoms with E-state index in [1.165, 1.54) is 12.8 Å². The molecule has 2 aliphatic rings. The predicted molar refractivity (Wildman–Crippen MR) is 52.3 cm³/mol. The van der Waals surface area contributed by atoms with Gasteiger partial charge in [0.2, 0.25) is 0 Å². The molecular formula is C10H13BO3. The summed E-state index contributed by atoms with van der Waals surface area (Å²) in [5.74, 6) is 0. The summed E-state index contributed by atoms with van der Waals surface area (Å²) in [4.78, 5) is 0. The van der Waals surface area contributed by atoms with Crippen molar-refractivity contribution in [1.29, 1.82) is 0 Å². The van der Waals surface area contributed by atoms with E-state index in [1.807, 2.05) is 12.1 Å². The Kier molecular flexibility index (Phi) is 2.11. The van der Waals surface area contributed by atoms with Crippen LogP contribution in [0.3, 0.4) is 0 Å². The van der Waals surface area contributed by atoms with Crippen LogP contribution < -0.4 is 5.66 Å². The van der Waals surface area contributed by atoms with E-state index >= 15 is 0 Å². The zero-order valence-electron chi connectivity index (χ0n) is 8.02. The van der Waals surface area contributed by atoms with Crippen LogP contribution in [0.15, 0.2) is 22.8 Å². The lowest BCUT2D eigenvalue weighted by molar-refractivity contribution is 0.110. The number of hydrogen-bond donors (Lipinski definition) is 0. The van der Waals surface area contributed by atoms with Crippen molar-refractivity contribution in [2.75, 3.05) is 0 Å². The Morgan fingerprint density at radius 1 is 1.14 bits per heavy atom. The second-order valence-electron chi connectivity index (χ2n) is 3.98. The smallest absolute Gasteiger partial charge is 0.473 e. The van der Waals surface area contributed by atoms with Gasteiger partial charge in [0.15, 0.2) is 0 Å². The summed E-state index contributed by atoms with van der Waals surface area (Å²) in [6, 6.07) is 3.77. The van der Waals surface area contributed by atoms with Crippen molar-refractivity contribution in [3.8, 4) is 0 Å². The van der Waals surface area contributed by atoms with E-state index in [4.69, 9.17) is 13.7 Å². The van der Waals surface area contributed by atoms with E-state index in [0.717, 1.165) is 18.5 Å². The minimum absolute atomic E-state index is 0.266. The summed E-state index contributed by atoms with van der Waals surface area (Å²) in [5, 5.41) is 0. The van der Waals surface area contributed by atoms with E-state index in [0.29, 0.717) is 12.2 Å². The summed E-state index contributed by atoms with van der Waals surface area (Å²) < 4.78 is 16.9. The molecule has 74 valence electrons. The van der Waals surface area contributed by atoms with Gasteiger partial charge in [0, 0.05) is 0 Å². The maximum Gasteiger partial charge on any atom is 0.532 e. The highest BCUT2D eigenvalue weighted by Crippen LogP contribution is 2.29. The Morgan fingerprint density at radius 3 is 2.43 bits per heavy atom. The van der Waals surface area contributed by atoms with Crippen molar-refractivity contribution >= 4 is 12.8 Å². The van der Waals surface area contributed by atoms with Crippen LogP contribution in [-0.2, 0) is 9.31 Å². The molecule has 1 saturated heterocycles. The molecule has 1 aliphatic carbocycles. The Bertz CT molecular complexity index is 284. The predicted octanol–water partition coefficient (Wildman–Crippen LogP) is 1.33. The van der Waals surface area contributed by atoms with Crippen molar-refractivity contribution < 1.29 is 13.7 Å². The topological polar surface area (TPSA) is 31.6 Å². The summed E-state index contributed by atoms with van der Waals surface area (Å²) in [6.45, 7) is 0. The molecule has 14 heavy (non-hydrogen) atoms. The lowest BCUT2D eigenvalue weighted by Crippen LogP contribution is -2.31. The summed E-state index contributed by atoms with van der Waals surface area (Å²) in [6.07, 6.45) is 7.01. The average molecular weight is 192 g/mol. The number of hydrogen-bond acceptors (Lipinski definition) is 3. The van der Waals surface area contributed by atoms with Crippen LogP contribution in [0.5, 0.6) is 0 Å². The van der Waals surface area contributed by atoms with E-state index in [9.17, 15) is 0 Å². The van der Waals surface area contributed by atoms with Crippen LogP contribution in [-0.4, -0.2) is 19.3 Å². The maximum absolute atomic E-state index is 5.79. The second-order valence-corrected chi connectivity index (χ2v) is 3.98. The van der Waals surface area contributed by atoms with Crippen LogP contribution in [0.4, 0.5) is 0 Å². The monoisotopic (exact) mass is 192 g/mol. The molecule has 0 spiro atoms. The van der Waals surface area contributed by atoms with Crippen molar-refractivity contribution in [2.24, 2.45) is 0 Å². The summed E-state index contributed by atoms with van der Waals surface area (Å²) >= 11 is 0. The number of furan rings is 1. The molecule has 3 nitrogen and oxygen atoms in total. The van der Waals surface area contributed by atoms with Gasteiger partial charge in [0.25, 0.3) is 0 Å². The molecule has 2 fully saturated rings. The first-order chi connectivity index (χ1) is 6.93. The first-order valence-corrected chi connectivity index (χ1v) is 5.28. The molecule has 2 atom stereocenters. The molecule has 3 rings (SSSR count). The Hall–Kier alpha value is -0.735. The minimum atomic E-state index is -0.266. The van der Waals surface area contributed by atoms with E-state index < -0.39 is 0 Å². The Labute approximate surface area is 83.5 Å². The van der Waals surface area contributed by atoms with Crippen molar-refractivity contribution in [1.82, 2.24) is 0 Å². The van der Waals surface area contributed by atoms with E-state index in [-0.39, 0.29) is 7.12 Å². The average Bonchev–Trinajstić information content (AvgIpc) is 2.86. The first-order valence-electron chi connectivity index (χ1n) is 5.28. The fourth-order valence-electron chi connectivity index (χ4n) is 2.28. The highest BCUT2D eigenvalue weighted by atomic mass is 16.7. The van der Waals surface area contributed by atoms with Gasteiger partial charge in [-0.15, -0.1) is 0 Å². The third kappa shape index (κ3) is 1.39. The standard InChI is InChI=1S/C10H13BO3/c1-2-5-9-8(4-1)13-11(14-9)10-6-3-7-12-10/h3,6-9H,1-2,4-5H2/t8-,9+. The van der Waals surface area contributed by atoms with Crippen LogP contribution >= 0.6 is 0 Å². The molecule has 2 heterocycles. The van der Waals surface area contributed by atoms with Crippen molar-refractivity contribution in [3.05, 3.63) is 18.4 Å². The fraction of sp³-hybridized carbons (Fsp3) is 0.600. The van der Waals surface area contributed by atoms with Gasteiger partial charge in [-0.3, -0.25) is 0 Å². The molecular weight excluding hydrogens is 179 g/mol. The van der Waals surface area contributed by atoms with E-state index in [1.54, 1.807) is 6.26 Å². The van der Waals surface area contributed by atoms with Gasteiger partial charge in [-0.1, -0.05) is 12.8 Å². The van der Waals surface area contributed by atoms with Crippen molar-refractivity contribution in [2.45, 2.75) is 37.9 Å². The quantitative estimate of drug-likeness (QED) is 0.629. The van der Waals surface area contributed by atoms with Crippen LogP contribution in [0.2, 0.25) is 0 Å². The molecule has 0 bridgehead atoms. The fourth-order valence-corrected chi connectivity index (χ4v) is 2.28. The maximum atomic E-state index is 5.79. The Morgan fingerprint density at radius 2 is 1.86 bits per heavy atom. The normalized spacial score (nSPS) is 31.9. The third-order valence-corrected chi connectivity index (χ3v) is 3.01. The SMILES string of the molecule is c1coc(B2O[C@H]3CCCC[C@H]3O2)c1. The van der Waals surface area contributed by atoms with Crippen molar-refractivity contribution in [3.63, 3.8) is 0 Å². The van der Waals surface area contributed by atoms with Crippen LogP contribution in [0.1, 0.15) is 25.7 Å². The highest BCUT2D eigenvalue weighted by Gasteiger charge is 2.43. The number of rotatable bonds is 1. The molecule has 0 amide bonds. The van der Waals surface area contributed by atoms with Crippen LogP contribution in [0.25, 0.3) is 0 Å². The van der Waals surface area contributed by atoms with Gasteiger partial charge in [-0.05, 0) is 25.0 Å². The minimum Gasteiger partial charge on any atom is -0.473 e. The van der Waals surface area contributed by atoms with Gasteiger partial charge in [0.1, 0.15) is 5.66 Å². The molecule has 4 heteroatoms. The van der Waals surface area contributed by atoms with Gasteiger partial charge in [-0.25, -0.2) is 0 Å². The Balaban J connectivity index is 1.74. The molecule has 0 radical (unpaired) electrons. The third-order valence-electron chi connectivity index (χ3n) is 3.01. The largest absolute Gasteiger partial charge is 0.532 e.